The van der Waals surface area contributed by atoms with Crippen LogP contribution in [-0.2, 0) is 11.2 Å². The number of aromatic amines is 2. The van der Waals surface area contributed by atoms with Crippen molar-refractivity contribution in [3.05, 3.63) is 102 Å². The van der Waals surface area contributed by atoms with E-state index in [1.165, 1.54) is 0 Å². The van der Waals surface area contributed by atoms with Gasteiger partial charge in [-0.2, -0.15) is 16.4 Å². The van der Waals surface area contributed by atoms with Gasteiger partial charge in [-0.15, -0.1) is 0 Å². The highest BCUT2D eigenvalue weighted by Crippen LogP contribution is 2.34. The second-order valence-electron chi connectivity index (χ2n) is 9.18. The van der Waals surface area contributed by atoms with E-state index in [-0.39, 0.29) is 5.91 Å². The Morgan fingerprint density at radius 1 is 0.897 bits per heavy atom. The predicted molar refractivity (Wildman–Crippen MR) is 154 cm³/mol. The maximum Gasteiger partial charge on any atom is 0.228 e. The summed E-state index contributed by atoms with van der Waals surface area (Å²) in [4.78, 5) is 29.7. The molecule has 0 aliphatic rings. The molecule has 0 atom stereocenters. The number of nitrogens with one attached hydrogen (secondary N) is 3. The highest BCUT2D eigenvalue weighted by Gasteiger charge is 2.16. The van der Waals surface area contributed by atoms with Crippen LogP contribution in [-0.4, -0.2) is 36.0 Å². The van der Waals surface area contributed by atoms with E-state index in [1.807, 2.05) is 60.9 Å². The number of nitrogens with zero attached hydrogens (tertiary/aromatic N) is 4. The number of aromatic nitrogens is 6. The van der Waals surface area contributed by atoms with Gasteiger partial charge in [-0.1, -0.05) is 30.3 Å². The first-order valence-corrected chi connectivity index (χ1v) is 13.3. The van der Waals surface area contributed by atoms with Crippen LogP contribution in [0, 0.1) is 0 Å². The molecular weight excluding hydrogens is 506 g/mol. The van der Waals surface area contributed by atoms with Crippen LogP contribution in [0.25, 0.3) is 55.7 Å². The number of anilines is 1. The van der Waals surface area contributed by atoms with E-state index in [4.69, 9.17) is 4.98 Å². The minimum Gasteiger partial charge on any atom is -0.352 e. The summed E-state index contributed by atoms with van der Waals surface area (Å²) >= 11 is 1.66. The molecule has 7 aromatic rings. The number of rotatable bonds is 6. The predicted octanol–water partition coefficient (Wildman–Crippen LogP) is 6.47. The number of carbonyl (C=O) groups is 1. The summed E-state index contributed by atoms with van der Waals surface area (Å²) in [5.41, 5.74) is 9.37. The Labute approximate surface area is 226 Å². The largest absolute Gasteiger partial charge is 0.352 e. The van der Waals surface area contributed by atoms with Gasteiger partial charge in [-0.25, -0.2) is 4.98 Å². The number of fused-ring (bicyclic) bond motifs is 2. The lowest BCUT2D eigenvalue weighted by Crippen LogP contribution is -2.14. The summed E-state index contributed by atoms with van der Waals surface area (Å²) in [5, 5.41) is 15.9. The molecule has 39 heavy (non-hydrogen) atoms. The van der Waals surface area contributed by atoms with Crippen molar-refractivity contribution in [2.75, 3.05) is 5.32 Å². The van der Waals surface area contributed by atoms with Gasteiger partial charge in [0.05, 0.1) is 46.9 Å². The van der Waals surface area contributed by atoms with Crippen LogP contribution in [0.5, 0.6) is 0 Å². The molecule has 0 fully saturated rings. The van der Waals surface area contributed by atoms with Crippen molar-refractivity contribution >= 4 is 44.9 Å². The summed E-state index contributed by atoms with van der Waals surface area (Å²) in [7, 11) is 0. The average molecular weight is 528 g/mol. The lowest BCUT2D eigenvalue weighted by Gasteiger charge is -2.07. The highest BCUT2D eigenvalue weighted by molar-refractivity contribution is 7.08. The quantitative estimate of drug-likeness (QED) is 0.229. The fourth-order valence-corrected chi connectivity index (χ4v) is 5.36. The molecule has 0 aliphatic heterocycles. The molecule has 0 radical (unpaired) electrons. The standard InChI is InChI=1S/C30H21N7OS/c38-28(10-18-4-2-1-3-5-18)33-21-11-20(13-31-14-21)24-6-7-25-29(35-24)30(37-36-25)26-12-22-23(19-8-9-39-17-19)15-32-16-27(22)34-26/h1-9,11-17,34H,10H2,(H,33,38)(H,36,37). The zero-order valence-corrected chi connectivity index (χ0v) is 21.4. The van der Waals surface area contributed by atoms with Crippen LogP contribution in [0.3, 0.4) is 0 Å². The fourth-order valence-electron chi connectivity index (χ4n) is 4.71. The molecule has 1 amide bonds. The third-order valence-corrected chi connectivity index (χ3v) is 7.25. The second-order valence-corrected chi connectivity index (χ2v) is 9.96. The van der Waals surface area contributed by atoms with Crippen molar-refractivity contribution in [2.45, 2.75) is 6.42 Å². The zero-order valence-electron chi connectivity index (χ0n) is 20.6. The molecule has 9 heteroatoms. The van der Waals surface area contributed by atoms with Crippen LogP contribution in [0.1, 0.15) is 5.56 Å². The summed E-state index contributed by atoms with van der Waals surface area (Å²) < 4.78 is 0. The summed E-state index contributed by atoms with van der Waals surface area (Å²) in [6.45, 7) is 0. The average Bonchev–Trinajstić information content (AvgIpc) is 3.73. The van der Waals surface area contributed by atoms with Crippen molar-refractivity contribution in [2.24, 2.45) is 0 Å². The highest BCUT2D eigenvalue weighted by atomic mass is 32.1. The third-order valence-electron chi connectivity index (χ3n) is 6.57. The number of carbonyl (C=O) groups excluding carboxylic acids is 1. The number of amides is 1. The topological polar surface area (TPSA) is 112 Å². The molecule has 188 valence electrons. The van der Waals surface area contributed by atoms with E-state index in [0.717, 1.165) is 61.3 Å². The van der Waals surface area contributed by atoms with Crippen molar-refractivity contribution in [1.29, 1.82) is 0 Å². The third kappa shape index (κ3) is 4.45. The first kappa shape index (κ1) is 23.0. The van der Waals surface area contributed by atoms with Gasteiger partial charge in [0.25, 0.3) is 0 Å². The first-order chi connectivity index (χ1) is 19.2. The van der Waals surface area contributed by atoms with Crippen LogP contribution in [0.4, 0.5) is 5.69 Å². The maximum absolute atomic E-state index is 12.6. The van der Waals surface area contributed by atoms with Crippen molar-refractivity contribution in [3.63, 3.8) is 0 Å². The van der Waals surface area contributed by atoms with E-state index in [2.05, 4.69) is 53.4 Å². The van der Waals surface area contributed by atoms with Crippen LogP contribution < -0.4 is 5.32 Å². The molecule has 1 aromatic carbocycles. The van der Waals surface area contributed by atoms with E-state index >= 15 is 0 Å². The summed E-state index contributed by atoms with van der Waals surface area (Å²) in [5.74, 6) is -0.101. The SMILES string of the molecule is O=C(Cc1ccccc1)Nc1cncc(-c2ccc3[nH]nc(-c4cc5c(-c6ccsc6)cncc5[nH]4)c3n2)c1. The Morgan fingerprint density at radius 3 is 2.67 bits per heavy atom. The van der Waals surface area contributed by atoms with Gasteiger partial charge in [0.1, 0.15) is 11.2 Å². The number of benzene rings is 1. The molecule has 0 spiro atoms. The monoisotopic (exact) mass is 527 g/mol. The molecule has 6 aromatic heterocycles. The van der Waals surface area contributed by atoms with E-state index < -0.39 is 0 Å². The Balaban J connectivity index is 1.21. The van der Waals surface area contributed by atoms with Gasteiger partial charge in [-0.05, 0) is 52.2 Å². The molecule has 0 unspecified atom stereocenters. The van der Waals surface area contributed by atoms with Gasteiger partial charge in [0.2, 0.25) is 5.91 Å². The number of pyridine rings is 3. The van der Waals surface area contributed by atoms with E-state index in [0.29, 0.717) is 12.1 Å². The molecule has 3 N–H and O–H groups in total. The lowest BCUT2D eigenvalue weighted by atomic mass is 10.1. The van der Waals surface area contributed by atoms with Gasteiger partial charge >= 0.3 is 0 Å². The summed E-state index contributed by atoms with van der Waals surface area (Å²) in [6.07, 6.45) is 7.38. The molecule has 0 saturated carbocycles. The van der Waals surface area contributed by atoms with Crippen LogP contribution in [0.2, 0.25) is 0 Å². The van der Waals surface area contributed by atoms with Crippen molar-refractivity contribution in [1.82, 2.24) is 30.1 Å². The van der Waals surface area contributed by atoms with Gasteiger partial charge in [0, 0.05) is 28.9 Å². The lowest BCUT2D eigenvalue weighted by molar-refractivity contribution is -0.115. The van der Waals surface area contributed by atoms with Gasteiger partial charge in [-0.3, -0.25) is 19.9 Å². The van der Waals surface area contributed by atoms with E-state index in [1.54, 1.807) is 23.7 Å². The van der Waals surface area contributed by atoms with Crippen LogP contribution >= 0.6 is 11.3 Å². The molecule has 7 rings (SSSR count). The minimum atomic E-state index is -0.101. The minimum absolute atomic E-state index is 0.101. The molecule has 0 bridgehead atoms. The number of thiophene rings is 1. The Bertz CT molecular complexity index is 1940. The molecule has 0 saturated heterocycles. The maximum atomic E-state index is 12.6. The fraction of sp³-hybridized carbons (Fsp3) is 0.0333. The molecular formula is C30H21N7OS. The number of hydrogen-bond acceptors (Lipinski definition) is 6. The zero-order chi connectivity index (χ0) is 26.2. The Hall–Kier alpha value is -5.15. The van der Waals surface area contributed by atoms with Crippen LogP contribution in [0.15, 0.2) is 96.2 Å². The Kier molecular flexibility index (Phi) is 5.68. The van der Waals surface area contributed by atoms with Crippen molar-refractivity contribution < 1.29 is 4.79 Å². The van der Waals surface area contributed by atoms with Gasteiger partial charge in [0.15, 0.2) is 0 Å². The number of hydrogen-bond donors (Lipinski definition) is 3. The normalized spacial score (nSPS) is 11.3. The molecule has 8 nitrogen and oxygen atoms in total. The van der Waals surface area contributed by atoms with E-state index in [9.17, 15) is 4.79 Å². The smallest absolute Gasteiger partial charge is 0.228 e. The second kappa shape index (κ2) is 9.62. The van der Waals surface area contributed by atoms with Gasteiger partial charge < -0.3 is 10.3 Å². The summed E-state index contributed by atoms with van der Waals surface area (Å²) in [6, 6.07) is 19.6. The molecule has 6 heterocycles. The number of H-pyrrole nitrogens is 2. The first-order valence-electron chi connectivity index (χ1n) is 12.4. The van der Waals surface area contributed by atoms with Crippen molar-refractivity contribution in [3.8, 4) is 33.8 Å². The molecule has 0 aliphatic carbocycles. The Morgan fingerprint density at radius 2 is 1.79 bits per heavy atom.